The quantitative estimate of drug-likeness (QED) is 0.891. The Bertz CT molecular complexity index is 609. The van der Waals surface area contributed by atoms with E-state index in [9.17, 15) is 4.79 Å². The van der Waals surface area contributed by atoms with E-state index in [1.54, 1.807) is 0 Å². The second-order valence-corrected chi connectivity index (χ2v) is 7.66. The number of likely N-dealkylation sites (tertiary alicyclic amines) is 1. The second kappa shape index (κ2) is 7.94. The summed E-state index contributed by atoms with van der Waals surface area (Å²) in [5, 5.41) is 3.07. The number of amides is 1. The first-order chi connectivity index (χ1) is 12.7. The van der Waals surface area contributed by atoms with Crippen molar-refractivity contribution in [2.75, 3.05) is 56.2 Å². The molecule has 6 heteroatoms. The molecule has 0 bridgehead atoms. The number of nitrogens with zero attached hydrogens (tertiary/aromatic N) is 2. The molecule has 4 rings (SSSR count). The molecular weight excluding hydrogens is 330 g/mol. The fourth-order valence-electron chi connectivity index (χ4n) is 4.08. The summed E-state index contributed by atoms with van der Waals surface area (Å²) >= 11 is 0. The van der Waals surface area contributed by atoms with Crippen molar-refractivity contribution < 1.29 is 14.3 Å². The van der Waals surface area contributed by atoms with Crippen LogP contribution in [0.2, 0.25) is 0 Å². The summed E-state index contributed by atoms with van der Waals surface area (Å²) in [4.78, 5) is 17.2. The lowest BCUT2D eigenvalue weighted by molar-refractivity contribution is -0.127. The van der Waals surface area contributed by atoms with Gasteiger partial charge in [-0.1, -0.05) is 0 Å². The lowest BCUT2D eigenvalue weighted by atomic mass is 9.93. The Kier molecular flexibility index (Phi) is 5.43. The number of hydrogen-bond donors (Lipinski definition) is 1. The van der Waals surface area contributed by atoms with Crippen molar-refractivity contribution >= 4 is 17.3 Å². The summed E-state index contributed by atoms with van der Waals surface area (Å²) in [6.07, 6.45) is 2.45. The smallest absolute Gasteiger partial charge is 0.230 e. The van der Waals surface area contributed by atoms with Gasteiger partial charge in [0.25, 0.3) is 0 Å². The molecule has 3 saturated heterocycles. The molecule has 1 aromatic rings. The largest absolute Gasteiger partial charge is 0.381 e. The van der Waals surface area contributed by atoms with Gasteiger partial charge in [0.15, 0.2) is 0 Å². The molecule has 3 aliphatic heterocycles. The highest BCUT2D eigenvalue weighted by Crippen LogP contribution is 2.26. The average Bonchev–Trinajstić information content (AvgIpc) is 2.62. The van der Waals surface area contributed by atoms with Gasteiger partial charge < -0.3 is 19.7 Å². The Labute approximate surface area is 155 Å². The van der Waals surface area contributed by atoms with Crippen LogP contribution in [-0.2, 0) is 14.3 Å². The monoisotopic (exact) mass is 359 g/mol. The third kappa shape index (κ3) is 4.03. The van der Waals surface area contributed by atoms with Gasteiger partial charge in [-0.15, -0.1) is 0 Å². The van der Waals surface area contributed by atoms with Gasteiger partial charge in [-0.3, -0.25) is 9.69 Å². The molecule has 1 amide bonds. The van der Waals surface area contributed by atoms with Crippen molar-refractivity contribution in [3.05, 3.63) is 24.3 Å². The molecule has 0 aliphatic carbocycles. The number of morpholine rings is 1. The SMILES string of the molecule is CC1CN(c2ccc(NC(=O)C3CN(C4CCOCC4)C3)cc2)CCO1. The average molecular weight is 359 g/mol. The van der Waals surface area contributed by atoms with Crippen LogP contribution in [0.4, 0.5) is 11.4 Å². The van der Waals surface area contributed by atoms with E-state index < -0.39 is 0 Å². The minimum absolute atomic E-state index is 0.109. The molecule has 0 aromatic heterocycles. The number of ether oxygens (including phenoxy) is 2. The minimum Gasteiger partial charge on any atom is -0.381 e. The van der Waals surface area contributed by atoms with Gasteiger partial charge in [-0.05, 0) is 44.0 Å². The molecular formula is C20H29N3O3. The number of hydrogen-bond acceptors (Lipinski definition) is 5. The molecule has 1 aromatic carbocycles. The predicted molar refractivity (Wildman–Crippen MR) is 102 cm³/mol. The number of benzene rings is 1. The highest BCUT2D eigenvalue weighted by atomic mass is 16.5. The lowest BCUT2D eigenvalue weighted by Crippen LogP contribution is -2.57. The van der Waals surface area contributed by atoms with Gasteiger partial charge in [0, 0.05) is 56.8 Å². The van der Waals surface area contributed by atoms with Gasteiger partial charge >= 0.3 is 0 Å². The number of carbonyl (C=O) groups is 1. The number of anilines is 2. The molecule has 6 nitrogen and oxygen atoms in total. The zero-order valence-electron chi connectivity index (χ0n) is 15.5. The van der Waals surface area contributed by atoms with Gasteiger partial charge in [0.05, 0.1) is 18.6 Å². The molecule has 1 atom stereocenters. The molecule has 0 saturated carbocycles. The Morgan fingerprint density at radius 2 is 1.81 bits per heavy atom. The summed E-state index contributed by atoms with van der Waals surface area (Å²) in [7, 11) is 0. The van der Waals surface area contributed by atoms with Crippen LogP contribution >= 0.6 is 0 Å². The first-order valence-corrected chi connectivity index (χ1v) is 9.78. The summed E-state index contributed by atoms with van der Waals surface area (Å²) in [6.45, 7) is 8.16. The Morgan fingerprint density at radius 1 is 1.08 bits per heavy atom. The van der Waals surface area contributed by atoms with Crippen LogP contribution < -0.4 is 10.2 Å². The maximum Gasteiger partial charge on any atom is 0.230 e. The van der Waals surface area contributed by atoms with Crippen molar-refractivity contribution in [3.8, 4) is 0 Å². The van der Waals surface area contributed by atoms with Crippen LogP contribution in [0.1, 0.15) is 19.8 Å². The maximum atomic E-state index is 12.5. The van der Waals surface area contributed by atoms with E-state index in [1.165, 1.54) is 5.69 Å². The number of carbonyl (C=O) groups excluding carboxylic acids is 1. The molecule has 3 heterocycles. The molecule has 0 radical (unpaired) electrons. The fourth-order valence-corrected chi connectivity index (χ4v) is 4.08. The highest BCUT2D eigenvalue weighted by molar-refractivity contribution is 5.93. The number of rotatable bonds is 4. The van der Waals surface area contributed by atoms with Gasteiger partial charge in [-0.25, -0.2) is 0 Å². The Hall–Kier alpha value is -1.63. The van der Waals surface area contributed by atoms with E-state index >= 15 is 0 Å². The Morgan fingerprint density at radius 3 is 2.50 bits per heavy atom. The standard InChI is InChI=1S/C20H29N3O3/c1-15-12-22(8-11-26-15)18-4-2-17(3-5-18)21-20(24)16-13-23(14-16)19-6-9-25-10-7-19/h2-5,15-16,19H,6-14H2,1H3,(H,21,24). The number of nitrogens with one attached hydrogen (secondary N) is 1. The summed E-state index contributed by atoms with van der Waals surface area (Å²) in [5.41, 5.74) is 2.07. The van der Waals surface area contributed by atoms with E-state index in [0.29, 0.717) is 6.04 Å². The molecule has 142 valence electrons. The van der Waals surface area contributed by atoms with E-state index in [-0.39, 0.29) is 17.9 Å². The summed E-state index contributed by atoms with van der Waals surface area (Å²) < 4.78 is 11.0. The predicted octanol–water partition coefficient (Wildman–Crippen LogP) is 1.96. The van der Waals surface area contributed by atoms with Crippen LogP contribution in [0.3, 0.4) is 0 Å². The molecule has 3 aliphatic rings. The van der Waals surface area contributed by atoms with Gasteiger partial charge in [-0.2, -0.15) is 0 Å². The van der Waals surface area contributed by atoms with Crippen molar-refractivity contribution in [3.63, 3.8) is 0 Å². The van der Waals surface area contributed by atoms with Crippen LogP contribution in [-0.4, -0.2) is 69.0 Å². The molecule has 1 N–H and O–H groups in total. The van der Waals surface area contributed by atoms with Crippen LogP contribution in [0.5, 0.6) is 0 Å². The summed E-state index contributed by atoms with van der Waals surface area (Å²) in [5.74, 6) is 0.249. The van der Waals surface area contributed by atoms with Crippen LogP contribution in [0, 0.1) is 5.92 Å². The van der Waals surface area contributed by atoms with E-state index in [1.807, 2.05) is 12.1 Å². The third-order valence-corrected chi connectivity index (χ3v) is 5.73. The molecule has 26 heavy (non-hydrogen) atoms. The normalized spacial score (nSPS) is 25.7. The van der Waals surface area contributed by atoms with E-state index in [4.69, 9.17) is 9.47 Å². The zero-order chi connectivity index (χ0) is 17.9. The van der Waals surface area contributed by atoms with Gasteiger partial charge in [0.2, 0.25) is 5.91 Å². The van der Waals surface area contributed by atoms with E-state index in [2.05, 4.69) is 34.2 Å². The van der Waals surface area contributed by atoms with Crippen LogP contribution in [0.25, 0.3) is 0 Å². The van der Waals surface area contributed by atoms with Gasteiger partial charge in [0.1, 0.15) is 0 Å². The molecule has 3 fully saturated rings. The summed E-state index contributed by atoms with van der Waals surface area (Å²) in [6, 6.07) is 8.78. The maximum absolute atomic E-state index is 12.5. The minimum atomic E-state index is 0.109. The van der Waals surface area contributed by atoms with Crippen molar-refractivity contribution in [2.45, 2.75) is 31.9 Å². The highest BCUT2D eigenvalue weighted by Gasteiger charge is 2.37. The fraction of sp³-hybridized carbons (Fsp3) is 0.650. The third-order valence-electron chi connectivity index (χ3n) is 5.73. The zero-order valence-corrected chi connectivity index (χ0v) is 15.5. The first kappa shape index (κ1) is 17.8. The van der Waals surface area contributed by atoms with Crippen molar-refractivity contribution in [2.24, 2.45) is 5.92 Å². The lowest BCUT2D eigenvalue weighted by Gasteiger charge is -2.44. The van der Waals surface area contributed by atoms with Crippen molar-refractivity contribution in [1.29, 1.82) is 0 Å². The second-order valence-electron chi connectivity index (χ2n) is 7.66. The Balaban J connectivity index is 1.26. The first-order valence-electron chi connectivity index (χ1n) is 9.78. The molecule has 1 unspecified atom stereocenters. The topological polar surface area (TPSA) is 54.0 Å². The molecule has 0 spiro atoms. The van der Waals surface area contributed by atoms with Crippen molar-refractivity contribution in [1.82, 2.24) is 4.90 Å². The van der Waals surface area contributed by atoms with E-state index in [0.717, 1.165) is 64.5 Å². The van der Waals surface area contributed by atoms with Crippen LogP contribution in [0.15, 0.2) is 24.3 Å².